The van der Waals surface area contributed by atoms with Crippen LogP contribution in [-0.2, 0) is 10.3 Å². The van der Waals surface area contributed by atoms with Crippen LogP contribution in [0, 0.1) is 17.9 Å². The molecular formula is C40H44BrN3O3S. The number of nitrogens with zero attached hydrogens (tertiary/aromatic N) is 3. The highest BCUT2D eigenvalue weighted by Gasteiger charge is 2.43. The number of benzene rings is 2. The molecule has 4 rings (SSSR count). The number of nitriles is 1. The zero-order valence-electron chi connectivity index (χ0n) is 28.2. The molecule has 0 bridgehead atoms. The third-order valence-corrected chi connectivity index (χ3v) is 10.0. The first kappa shape index (κ1) is 36.8. The van der Waals surface area contributed by atoms with Crippen LogP contribution in [0.1, 0.15) is 74.3 Å². The van der Waals surface area contributed by atoms with Gasteiger partial charge in [0.15, 0.2) is 0 Å². The molecular weight excluding hydrogens is 682 g/mol. The number of thiophene rings is 1. The topological polar surface area (TPSA) is 70.1 Å². The van der Waals surface area contributed by atoms with Crippen molar-refractivity contribution in [2.75, 3.05) is 29.9 Å². The summed E-state index contributed by atoms with van der Waals surface area (Å²) in [4.78, 5) is 8.32. The molecule has 1 aliphatic rings. The number of anilines is 1. The molecule has 250 valence electrons. The van der Waals surface area contributed by atoms with Gasteiger partial charge in [0, 0.05) is 51.1 Å². The van der Waals surface area contributed by atoms with Crippen molar-refractivity contribution in [2.24, 2.45) is 0 Å². The van der Waals surface area contributed by atoms with Gasteiger partial charge < -0.3 is 19.5 Å². The van der Waals surface area contributed by atoms with Gasteiger partial charge >= 0.3 is 0 Å². The summed E-state index contributed by atoms with van der Waals surface area (Å²) in [7, 11) is 0. The Hall–Kier alpha value is -4.08. The molecule has 2 heterocycles. The van der Waals surface area contributed by atoms with Crippen LogP contribution in [0.25, 0.3) is 23.1 Å². The van der Waals surface area contributed by atoms with Crippen molar-refractivity contribution >= 4 is 51.2 Å². The van der Waals surface area contributed by atoms with Crippen molar-refractivity contribution < 1.29 is 14.6 Å². The maximum absolute atomic E-state index is 10.2. The highest BCUT2D eigenvalue weighted by molar-refractivity contribution is 9.09. The third-order valence-electron chi connectivity index (χ3n) is 8.26. The second-order valence-corrected chi connectivity index (χ2v) is 13.7. The van der Waals surface area contributed by atoms with Crippen LogP contribution >= 0.6 is 27.3 Å². The summed E-state index contributed by atoms with van der Waals surface area (Å²) in [5.74, 6) is 1.08. The second-order valence-electron chi connectivity index (χ2n) is 11.9. The number of aliphatic hydroxyl groups excluding tert-OH is 1. The summed E-state index contributed by atoms with van der Waals surface area (Å²) in [5, 5.41) is 20.2. The first-order valence-corrected chi connectivity index (χ1v) is 18.4. The fourth-order valence-electron chi connectivity index (χ4n) is 5.45. The Morgan fingerprint density at radius 1 is 1.06 bits per heavy atom. The first-order chi connectivity index (χ1) is 23.3. The van der Waals surface area contributed by atoms with Gasteiger partial charge in [-0.25, -0.2) is 4.85 Å². The fraction of sp³-hybridized carbons (Fsp3) is 0.350. The largest absolute Gasteiger partial charge is 0.490 e. The zero-order chi connectivity index (χ0) is 34.5. The van der Waals surface area contributed by atoms with Crippen molar-refractivity contribution in [1.29, 1.82) is 5.26 Å². The Morgan fingerprint density at radius 2 is 1.73 bits per heavy atom. The molecule has 2 unspecified atom stereocenters. The molecule has 0 saturated heterocycles. The van der Waals surface area contributed by atoms with E-state index in [1.54, 1.807) is 18.3 Å². The summed E-state index contributed by atoms with van der Waals surface area (Å²) >= 11 is 4.97. The molecule has 6 nitrogen and oxygen atoms in total. The van der Waals surface area contributed by atoms with Crippen LogP contribution in [-0.4, -0.2) is 36.2 Å². The predicted molar refractivity (Wildman–Crippen MR) is 203 cm³/mol. The number of rotatable bonds is 16. The zero-order valence-corrected chi connectivity index (χ0v) is 30.6. The molecule has 2 aromatic carbocycles. The molecule has 0 amide bonds. The molecule has 0 aliphatic carbocycles. The molecule has 1 aromatic heterocycles. The number of halogens is 1. The monoisotopic (exact) mass is 725 g/mol. The van der Waals surface area contributed by atoms with Gasteiger partial charge in [0.1, 0.15) is 23.7 Å². The molecule has 48 heavy (non-hydrogen) atoms. The van der Waals surface area contributed by atoms with Crippen molar-refractivity contribution in [3.05, 3.63) is 122 Å². The van der Waals surface area contributed by atoms with Gasteiger partial charge in [-0.1, -0.05) is 79.0 Å². The average Bonchev–Trinajstić information content (AvgIpc) is 3.70. The SMILES string of the molecule is [C-]#[N+]C1=C(/C=C/c2ccc(/C=C/c3ccc(N(CCCC)CCCC)cc3OCC(O)CBr)s2)C(C)(c2ccccc2)O/C1=C(\C)C#N. The first-order valence-electron chi connectivity index (χ1n) is 16.5. The Labute approximate surface area is 298 Å². The normalized spacial score (nSPS) is 17.8. The van der Waals surface area contributed by atoms with Gasteiger partial charge in [-0.2, -0.15) is 5.26 Å². The summed E-state index contributed by atoms with van der Waals surface area (Å²) in [6.07, 6.45) is 12.0. The summed E-state index contributed by atoms with van der Waals surface area (Å²) < 4.78 is 12.5. The van der Waals surface area contributed by atoms with Crippen LogP contribution in [0.15, 0.2) is 89.3 Å². The number of ether oxygens (including phenoxy) is 2. The lowest BCUT2D eigenvalue weighted by Gasteiger charge is -2.28. The lowest BCUT2D eigenvalue weighted by atomic mass is 9.87. The quantitative estimate of drug-likeness (QED) is 0.0904. The van der Waals surface area contributed by atoms with Crippen LogP contribution in [0.5, 0.6) is 5.75 Å². The molecule has 0 fully saturated rings. The maximum Gasteiger partial charge on any atom is 0.236 e. The number of aliphatic hydroxyl groups is 1. The standard InChI is InChI=1S/C40H44BrN3O3S/c1-6-8-23-44(24-9-7-2)32-17-15-30(37(25-32)46-28-33(45)26-41)16-18-34-19-20-35(48-34)21-22-36-38(43-5)39(29(3)27-42)47-40(36,4)31-13-11-10-12-14-31/h10-22,25,33,45H,6-9,23-24,26,28H2,1-4H3/b18-16+,22-21+,39-29+. The predicted octanol–water partition coefficient (Wildman–Crippen LogP) is 10.4. The number of allylic oxidation sites excluding steroid dienone is 1. The average molecular weight is 727 g/mol. The van der Waals surface area contributed by atoms with Gasteiger partial charge in [0.2, 0.25) is 5.70 Å². The van der Waals surface area contributed by atoms with Crippen LogP contribution in [0.4, 0.5) is 5.69 Å². The van der Waals surface area contributed by atoms with Crippen LogP contribution < -0.4 is 9.64 Å². The molecule has 3 aromatic rings. The van der Waals surface area contributed by atoms with E-state index >= 15 is 0 Å². The summed E-state index contributed by atoms with van der Waals surface area (Å²) in [6.45, 7) is 18.2. The number of unbranched alkanes of at least 4 members (excludes halogenated alkanes) is 2. The Balaban J connectivity index is 1.62. The highest BCUT2D eigenvalue weighted by Crippen LogP contribution is 2.47. The Morgan fingerprint density at radius 3 is 2.33 bits per heavy atom. The minimum atomic E-state index is -0.904. The van der Waals surface area contributed by atoms with Gasteiger partial charge in [-0.05, 0) is 74.7 Å². The molecule has 0 spiro atoms. The molecule has 0 radical (unpaired) electrons. The van der Waals surface area contributed by atoms with E-state index in [0.29, 0.717) is 22.4 Å². The minimum Gasteiger partial charge on any atom is -0.490 e. The maximum atomic E-state index is 10.2. The van der Waals surface area contributed by atoms with E-state index in [1.165, 1.54) is 0 Å². The molecule has 1 aliphatic heterocycles. The molecule has 1 N–H and O–H groups in total. The number of hydrogen-bond donors (Lipinski definition) is 1. The summed E-state index contributed by atoms with van der Waals surface area (Å²) in [5.41, 5.74) is 3.54. The Kier molecular flexibility index (Phi) is 13.7. The minimum absolute atomic E-state index is 0.201. The van der Waals surface area contributed by atoms with Crippen molar-refractivity contribution in [2.45, 2.75) is 65.1 Å². The van der Waals surface area contributed by atoms with E-state index in [2.05, 4.69) is 88.1 Å². The fourth-order valence-corrected chi connectivity index (χ4v) is 6.45. The lowest BCUT2D eigenvalue weighted by Crippen LogP contribution is -2.25. The van der Waals surface area contributed by atoms with E-state index in [-0.39, 0.29) is 6.61 Å². The lowest BCUT2D eigenvalue weighted by molar-refractivity contribution is 0.0750. The number of alkyl halides is 1. The van der Waals surface area contributed by atoms with Crippen molar-refractivity contribution in [3.8, 4) is 11.8 Å². The van der Waals surface area contributed by atoms with E-state index in [4.69, 9.17) is 16.0 Å². The summed E-state index contributed by atoms with van der Waals surface area (Å²) in [6, 6.07) is 22.4. The van der Waals surface area contributed by atoms with Crippen molar-refractivity contribution in [1.82, 2.24) is 0 Å². The smallest absolute Gasteiger partial charge is 0.236 e. The molecule has 2 atom stereocenters. The van der Waals surface area contributed by atoms with Crippen LogP contribution in [0.3, 0.4) is 0 Å². The number of hydrogen-bond acceptors (Lipinski definition) is 6. The van der Waals surface area contributed by atoms with Gasteiger partial charge in [0.05, 0.1) is 24.3 Å². The molecule has 8 heteroatoms. The van der Waals surface area contributed by atoms with Gasteiger partial charge in [0.25, 0.3) is 0 Å². The van der Waals surface area contributed by atoms with Crippen LogP contribution in [0.2, 0.25) is 0 Å². The third kappa shape index (κ3) is 9.08. The van der Waals surface area contributed by atoms with E-state index in [1.807, 2.05) is 49.4 Å². The highest BCUT2D eigenvalue weighted by atomic mass is 79.9. The van der Waals surface area contributed by atoms with Gasteiger partial charge in [-0.15, -0.1) is 11.3 Å². The van der Waals surface area contributed by atoms with E-state index < -0.39 is 11.7 Å². The Bertz CT molecular complexity index is 1740. The second kappa shape index (κ2) is 17.9. The van der Waals surface area contributed by atoms with Gasteiger partial charge in [-0.3, -0.25) is 0 Å². The molecule has 0 saturated carbocycles. The van der Waals surface area contributed by atoms with E-state index in [9.17, 15) is 10.4 Å². The van der Waals surface area contributed by atoms with Crippen molar-refractivity contribution in [3.63, 3.8) is 0 Å². The van der Waals surface area contributed by atoms with E-state index in [0.717, 1.165) is 76.7 Å².